The predicted octanol–water partition coefficient (Wildman–Crippen LogP) is 5.15. The molecule has 0 saturated carbocycles. The van der Waals surface area contributed by atoms with Gasteiger partial charge in [-0.15, -0.1) is 10.2 Å². The molecule has 0 N–H and O–H groups in total. The molecule has 1 aliphatic carbocycles. The molecule has 0 spiro atoms. The Hall–Kier alpha value is -3.00. The molecule has 8 heteroatoms. The van der Waals surface area contributed by atoms with Crippen molar-refractivity contribution < 1.29 is 13.9 Å². The number of aromatic nitrogens is 3. The van der Waals surface area contributed by atoms with Crippen LogP contribution in [0.25, 0.3) is 11.4 Å². The molecule has 0 atom stereocenters. The zero-order valence-corrected chi connectivity index (χ0v) is 19.3. The number of furan rings is 1. The highest BCUT2D eigenvalue weighted by Gasteiger charge is 2.23. The molecule has 1 aliphatic rings. The molecule has 0 saturated heterocycles. The number of para-hydroxylation sites is 1. The Kier molecular flexibility index (Phi) is 7.32. The van der Waals surface area contributed by atoms with E-state index in [2.05, 4.69) is 16.3 Å². The van der Waals surface area contributed by atoms with Crippen molar-refractivity contribution in [3.05, 3.63) is 60.2 Å². The number of benzene rings is 1. The van der Waals surface area contributed by atoms with Crippen molar-refractivity contribution in [2.24, 2.45) is 0 Å². The first-order valence-corrected chi connectivity index (χ1v) is 11.9. The summed E-state index contributed by atoms with van der Waals surface area (Å²) >= 11 is 1.41. The summed E-state index contributed by atoms with van der Waals surface area (Å²) in [5, 5.41) is 9.49. The molecular formula is C24H28N4O3S. The largest absolute Gasteiger partial charge is 0.496 e. The zero-order valence-electron chi connectivity index (χ0n) is 18.5. The lowest BCUT2D eigenvalue weighted by atomic mass is 10.0. The van der Waals surface area contributed by atoms with Crippen LogP contribution in [0.4, 0.5) is 0 Å². The molecule has 168 valence electrons. The topological polar surface area (TPSA) is 73.4 Å². The van der Waals surface area contributed by atoms with Gasteiger partial charge in [-0.1, -0.05) is 30.0 Å². The second-order valence-corrected chi connectivity index (χ2v) is 8.48. The van der Waals surface area contributed by atoms with E-state index in [9.17, 15) is 4.79 Å². The second kappa shape index (κ2) is 10.5. The van der Waals surface area contributed by atoms with E-state index >= 15 is 0 Å². The van der Waals surface area contributed by atoms with Crippen molar-refractivity contribution in [2.75, 3.05) is 12.9 Å². The lowest BCUT2D eigenvalue weighted by Crippen LogP contribution is -2.32. The smallest absolute Gasteiger partial charge is 0.237 e. The Bertz CT molecular complexity index is 1070. The van der Waals surface area contributed by atoms with Crippen LogP contribution in [0.15, 0.2) is 64.0 Å². The van der Waals surface area contributed by atoms with Crippen LogP contribution in [0.5, 0.6) is 5.75 Å². The van der Waals surface area contributed by atoms with E-state index in [4.69, 9.17) is 9.15 Å². The number of amides is 1. The number of methoxy groups -OCH3 is 1. The van der Waals surface area contributed by atoms with E-state index in [1.165, 1.54) is 18.2 Å². The molecule has 0 unspecified atom stereocenters. The van der Waals surface area contributed by atoms with Gasteiger partial charge < -0.3 is 18.6 Å². The third-order valence-corrected chi connectivity index (χ3v) is 6.47. The van der Waals surface area contributed by atoms with Crippen molar-refractivity contribution in [3.63, 3.8) is 0 Å². The van der Waals surface area contributed by atoms with Crippen molar-refractivity contribution in [3.8, 4) is 17.1 Å². The maximum absolute atomic E-state index is 13.3. The number of hydrogen-bond acceptors (Lipinski definition) is 6. The Morgan fingerprint density at radius 2 is 2.09 bits per heavy atom. The number of thioether (sulfide) groups is 1. The summed E-state index contributed by atoms with van der Waals surface area (Å²) in [6.07, 6.45) is 8.03. The van der Waals surface area contributed by atoms with Gasteiger partial charge in [-0.25, -0.2) is 0 Å². The number of ether oxygens (including phenoxy) is 1. The van der Waals surface area contributed by atoms with Crippen molar-refractivity contribution in [2.45, 2.75) is 50.9 Å². The molecular weight excluding hydrogens is 424 g/mol. The normalized spacial score (nSPS) is 13.6. The third-order valence-electron chi connectivity index (χ3n) is 5.51. The molecule has 0 fully saturated rings. The number of rotatable bonds is 9. The highest BCUT2D eigenvalue weighted by atomic mass is 32.2. The lowest BCUT2D eigenvalue weighted by molar-refractivity contribution is -0.127. The van der Waals surface area contributed by atoms with Gasteiger partial charge in [0.25, 0.3) is 0 Å². The van der Waals surface area contributed by atoms with E-state index in [1.54, 1.807) is 13.4 Å². The average molecular weight is 453 g/mol. The SMILES string of the molecule is CCn1c(SCC(=O)N(Cc2ccco2)C2=CCCCC2)nnc1-c1ccccc1OC. The first kappa shape index (κ1) is 22.2. The summed E-state index contributed by atoms with van der Waals surface area (Å²) in [7, 11) is 1.65. The molecule has 1 aromatic carbocycles. The highest BCUT2D eigenvalue weighted by Crippen LogP contribution is 2.31. The Morgan fingerprint density at radius 3 is 2.81 bits per heavy atom. The minimum Gasteiger partial charge on any atom is -0.496 e. The number of carbonyl (C=O) groups excluding carboxylic acids is 1. The van der Waals surface area contributed by atoms with Crippen LogP contribution < -0.4 is 4.74 Å². The molecule has 32 heavy (non-hydrogen) atoms. The Morgan fingerprint density at radius 1 is 1.22 bits per heavy atom. The number of nitrogens with zero attached hydrogens (tertiary/aromatic N) is 4. The van der Waals surface area contributed by atoms with E-state index in [0.29, 0.717) is 13.1 Å². The molecule has 0 aliphatic heterocycles. The van der Waals surface area contributed by atoms with Crippen LogP contribution in [0.3, 0.4) is 0 Å². The monoisotopic (exact) mass is 452 g/mol. The summed E-state index contributed by atoms with van der Waals surface area (Å²) in [4.78, 5) is 15.1. The number of allylic oxidation sites excluding steroid dienone is 2. The fraction of sp³-hybridized carbons (Fsp3) is 0.375. The minimum absolute atomic E-state index is 0.0454. The summed E-state index contributed by atoms with van der Waals surface area (Å²) in [6, 6.07) is 11.5. The molecule has 3 aromatic rings. The quantitative estimate of drug-likeness (QED) is 0.418. The standard InChI is InChI=1S/C24H28N4O3S/c1-3-27-23(20-13-7-8-14-21(20)30-2)25-26-24(27)32-17-22(29)28(16-19-12-9-15-31-19)18-10-5-4-6-11-18/h7-10,12-15H,3-6,11,16-17H2,1-2H3. The Balaban J connectivity index is 1.52. The van der Waals surface area contributed by atoms with Crippen molar-refractivity contribution in [1.29, 1.82) is 0 Å². The maximum Gasteiger partial charge on any atom is 0.237 e. The molecule has 0 bridgehead atoms. The van der Waals surface area contributed by atoms with Gasteiger partial charge in [0, 0.05) is 12.2 Å². The second-order valence-electron chi connectivity index (χ2n) is 7.54. The minimum atomic E-state index is 0.0454. The molecule has 2 heterocycles. The van der Waals surface area contributed by atoms with Gasteiger partial charge in [0.2, 0.25) is 5.91 Å². The van der Waals surface area contributed by atoms with Gasteiger partial charge in [0.1, 0.15) is 11.5 Å². The van der Waals surface area contributed by atoms with Crippen molar-refractivity contribution in [1.82, 2.24) is 19.7 Å². The van der Waals surface area contributed by atoms with Crippen LogP contribution in [0.1, 0.15) is 38.4 Å². The zero-order chi connectivity index (χ0) is 22.3. The molecule has 1 amide bonds. The van der Waals surface area contributed by atoms with Gasteiger partial charge in [-0.05, 0) is 56.9 Å². The van der Waals surface area contributed by atoms with Gasteiger partial charge in [-0.3, -0.25) is 4.79 Å². The molecule has 2 aromatic heterocycles. The summed E-state index contributed by atoms with van der Waals surface area (Å²) in [5.74, 6) is 2.59. The average Bonchev–Trinajstić information content (AvgIpc) is 3.51. The van der Waals surface area contributed by atoms with Gasteiger partial charge in [0.05, 0.1) is 31.2 Å². The van der Waals surface area contributed by atoms with E-state index in [0.717, 1.165) is 53.0 Å². The maximum atomic E-state index is 13.3. The Labute approximate surface area is 192 Å². The van der Waals surface area contributed by atoms with Crippen LogP contribution in [0, 0.1) is 0 Å². The third kappa shape index (κ3) is 4.91. The fourth-order valence-corrected chi connectivity index (χ4v) is 4.77. The summed E-state index contributed by atoms with van der Waals surface area (Å²) < 4.78 is 13.0. The van der Waals surface area contributed by atoms with Crippen LogP contribution >= 0.6 is 11.8 Å². The molecule has 0 radical (unpaired) electrons. The first-order chi connectivity index (χ1) is 15.7. The van der Waals surface area contributed by atoms with Gasteiger partial charge in [-0.2, -0.15) is 0 Å². The van der Waals surface area contributed by atoms with Crippen LogP contribution in [-0.4, -0.2) is 38.4 Å². The van der Waals surface area contributed by atoms with E-state index < -0.39 is 0 Å². The van der Waals surface area contributed by atoms with E-state index in [1.807, 2.05) is 52.8 Å². The molecule has 7 nitrogen and oxygen atoms in total. The molecule has 4 rings (SSSR count). The number of carbonyl (C=O) groups is 1. The van der Waals surface area contributed by atoms with Crippen molar-refractivity contribution >= 4 is 17.7 Å². The first-order valence-electron chi connectivity index (χ1n) is 10.9. The predicted molar refractivity (Wildman–Crippen MR) is 124 cm³/mol. The number of hydrogen-bond donors (Lipinski definition) is 0. The van der Waals surface area contributed by atoms with E-state index in [-0.39, 0.29) is 11.7 Å². The van der Waals surface area contributed by atoms with Gasteiger partial charge in [0.15, 0.2) is 11.0 Å². The summed E-state index contributed by atoms with van der Waals surface area (Å²) in [6.45, 7) is 3.19. The lowest BCUT2D eigenvalue weighted by Gasteiger charge is -2.27. The highest BCUT2D eigenvalue weighted by molar-refractivity contribution is 7.99. The fourth-order valence-electron chi connectivity index (χ4n) is 3.89. The van der Waals surface area contributed by atoms with Crippen LogP contribution in [-0.2, 0) is 17.9 Å². The van der Waals surface area contributed by atoms with Gasteiger partial charge >= 0.3 is 0 Å². The van der Waals surface area contributed by atoms with Crippen LogP contribution in [0.2, 0.25) is 0 Å². The summed E-state index contributed by atoms with van der Waals surface area (Å²) in [5.41, 5.74) is 1.97.